The van der Waals surface area contributed by atoms with Crippen molar-refractivity contribution in [3.8, 4) is 11.8 Å². The summed E-state index contributed by atoms with van der Waals surface area (Å²) in [6.45, 7) is 3.73. The molecule has 3 heteroatoms. The van der Waals surface area contributed by atoms with E-state index in [1.165, 1.54) is 0 Å². The number of rotatable bonds is 4. The number of nitrogens with zero attached hydrogens (tertiary/aromatic N) is 1. The van der Waals surface area contributed by atoms with Crippen LogP contribution >= 0.6 is 0 Å². The first kappa shape index (κ1) is 11.3. The molecule has 0 saturated heterocycles. The highest BCUT2D eigenvalue weighted by atomic mass is 16.5. The summed E-state index contributed by atoms with van der Waals surface area (Å²) in [6, 6.07) is 8.05. The SMILES string of the molecule is C=CCc1[nH]c2ccc(OC)cc2c1CC#N. The van der Waals surface area contributed by atoms with Gasteiger partial charge < -0.3 is 9.72 Å². The van der Waals surface area contributed by atoms with Crippen LogP contribution in [0.1, 0.15) is 11.3 Å². The summed E-state index contributed by atoms with van der Waals surface area (Å²) in [6.07, 6.45) is 2.98. The summed E-state index contributed by atoms with van der Waals surface area (Å²) in [5.74, 6) is 0.806. The third-order valence-electron chi connectivity index (χ3n) is 2.81. The lowest BCUT2D eigenvalue weighted by Gasteiger charge is -2.00. The molecule has 0 bridgehead atoms. The van der Waals surface area contributed by atoms with Crippen molar-refractivity contribution in [2.45, 2.75) is 12.8 Å². The second-order valence-corrected chi connectivity index (χ2v) is 3.82. The molecule has 0 amide bonds. The lowest BCUT2D eigenvalue weighted by molar-refractivity contribution is 0.415. The quantitative estimate of drug-likeness (QED) is 0.815. The summed E-state index contributed by atoms with van der Waals surface area (Å²) in [4.78, 5) is 3.32. The molecular weight excluding hydrogens is 212 g/mol. The van der Waals surface area contributed by atoms with E-state index in [4.69, 9.17) is 10.00 Å². The molecule has 1 N–H and O–H groups in total. The van der Waals surface area contributed by atoms with Crippen LogP contribution in [0.5, 0.6) is 5.75 Å². The minimum absolute atomic E-state index is 0.399. The number of fused-ring (bicyclic) bond motifs is 1. The van der Waals surface area contributed by atoms with Gasteiger partial charge >= 0.3 is 0 Å². The number of benzene rings is 1. The molecule has 0 spiro atoms. The molecule has 3 nitrogen and oxygen atoms in total. The number of hydrogen-bond acceptors (Lipinski definition) is 2. The number of nitrogens with one attached hydrogen (secondary N) is 1. The van der Waals surface area contributed by atoms with Gasteiger partial charge in [-0.15, -0.1) is 6.58 Å². The van der Waals surface area contributed by atoms with Crippen LogP contribution in [0.25, 0.3) is 10.9 Å². The number of ether oxygens (including phenoxy) is 1. The zero-order valence-corrected chi connectivity index (χ0v) is 9.79. The Bertz CT molecular complexity index is 590. The third kappa shape index (κ3) is 2.02. The molecule has 2 rings (SSSR count). The molecule has 0 fully saturated rings. The number of aromatic nitrogens is 1. The number of nitriles is 1. The Morgan fingerprint density at radius 2 is 2.35 bits per heavy atom. The maximum atomic E-state index is 8.90. The molecule has 0 aliphatic rings. The average Bonchev–Trinajstić information content (AvgIpc) is 2.68. The van der Waals surface area contributed by atoms with Crippen LogP contribution in [-0.4, -0.2) is 12.1 Å². The number of allylic oxidation sites excluding steroid dienone is 1. The average molecular weight is 226 g/mol. The molecular formula is C14H14N2O. The normalized spacial score (nSPS) is 10.1. The molecule has 0 aliphatic carbocycles. The molecule has 0 saturated carbocycles. The second kappa shape index (κ2) is 4.75. The Morgan fingerprint density at radius 3 is 3.00 bits per heavy atom. The van der Waals surface area contributed by atoms with E-state index in [9.17, 15) is 0 Å². The largest absolute Gasteiger partial charge is 0.497 e. The summed E-state index contributed by atoms with van der Waals surface area (Å²) in [7, 11) is 1.64. The highest BCUT2D eigenvalue weighted by Gasteiger charge is 2.10. The second-order valence-electron chi connectivity index (χ2n) is 3.82. The van der Waals surface area contributed by atoms with Crippen LogP contribution in [0.15, 0.2) is 30.9 Å². The topological polar surface area (TPSA) is 48.8 Å². The monoisotopic (exact) mass is 226 g/mol. The van der Waals surface area contributed by atoms with Gasteiger partial charge in [0, 0.05) is 23.0 Å². The van der Waals surface area contributed by atoms with Crippen molar-refractivity contribution < 1.29 is 4.74 Å². The van der Waals surface area contributed by atoms with Crippen molar-refractivity contribution >= 4 is 10.9 Å². The first-order valence-corrected chi connectivity index (χ1v) is 5.45. The Morgan fingerprint density at radius 1 is 1.53 bits per heavy atom. The van der Waals surface area contributed by atoms with E-state index in [1.807, 2.05) is 24.3 Å². The van der Waals surface area contributed by atoms with Gasteiger partial charge in [-0.25, -0.2) is 0 Å². The van der Waals surface area contributed by atoms with Crippen molar-refractivity contribution in [2.75, 3.05) is 7.11 Å². The summed E-state index contributed by atoms with van der Waals surface area (Å²) in [5, 5.41) is 9.95. The van der Waals surface area contributed by atoms with Crippen molar-refractivity contribution in [1.29, 1.82) is 5.26 Å². The van der Waals surface area contributed by atoms with Crippen LogP contribution in [0.2, 0.25) is 0 Å². The standard InChI is InChI=1S/C14H14N2O/c1-3-4-13-11(7-8-15)12-9-10(17-2)5-6-14(12)16-13/h3,5-6,9,16H,1,4,7H2,2H3. The van der Waals surface area contributed by atoms with Crippen molar-refractivity contribution in [3.05, 3.63) is 42.1 Å². The van der Waals surface area contributed by atoms with E-state index in [2.05, 4.69) is 17.6 Å². The summed E-state index contributed by atoms with van der Waals surface area (Å²) >= 11 is 0. The number of H-pyrrole nitrogens is 1. The summed E-state index contributed by atoms with van der Waals surface area (Å²) in [5.41, 5.74) is 3.14. The van der Waals surface area contributed by atoms with Gasteiger partial charge in [0.1, 0.15) is 5.75 Å². The van der Waals surface area contributed by atoms with Gasteiger partial charge in [-0.3, -0.25) is 0 Å². The van der Waals surface area contributed by atoms with Gasteiger partial charge in [-0.05, 0) is 23.8 Å². The van der Waals surface area contributed by atoms with Crippen LogP contribution in [0.4, 0.5) is 0 Å². The highest BCUT2D eigenvalue weighted by molar-refractivity contribution is 5.86. The van der Waals surface area contributed by atoms with Crippen molar-refractivity contribution in [3.63, 3.8) is 0 Å². The van der Waals surface area contributed by atoms with E-state index in [-0.39, 0.29) is 0 Å². The molecule has 17 heavy (non-hydrogen) atoms. The maximum absolute atomic E-state index is 8.90. The molecule has 0 atom stereocenters. The predicted octanol–water partition coefficient (Wildman–Crippen LogP) is 2.97. The number of aromatic amines is 1. The fraction of sp³-hybridized carbons (Fsp3) is 0.214. The zero-order chi connectivity index (χ0) is 12.3. The van der Waals surface area contributed by atoms with Crippen LogP contribution in [0, 0.1) is 11.3 Å². The van der Waals surface area contributed by atoms with E-state index in [0.29, 0.717) is 6.42 Å². The fourth-order valence-corrected chi connectivity index (χ4v) is 2.01. The van der Waals surface area contributed by atoms with Crippen LogP contribution < -0.4 is 4.74 Å². The van der Waals surface area contributed by atoms with Crippen LogP contribution in [-0.2, 0) is 12.8 Å². The molecule has 1 aromatic heterocycles. The van der Waals surface area contributed by atoms with E-state index >= 15 is 0 Å². The minimum atomic E-state index is 0.399. The van der Waals surface area contributed by atoms with Gasteiger partial charge in [-0.2, -0.15) is 5.26 Å². The smallest absolute Gasteiger partial charge is 0.119 e. The van der Waals surface area contributed by atoms with Gasteiger partial charge in [0.25, 0.3) is 0 Å². The lowest BCUT2D eigenvalue weighted by Crippen LogP contribution is -1.88. The van der Waals surface area contributed by atoms with Crippen LogP contribution in [0.3, 0.4) is 0 Å². The van der Waals surface area contributed by atoms with Gasteiger partial charge in [0.05, 0.1) is 19.6 Å². The molecule has 0 unspecified atom stereocenters. The molecule has 0 radical (unpaired) electrons. The van der Waals surface area contributed by atoms with E-state index in [0.717, 1.165) is 34.3 Å². The van der Waals surface area contributed by atoms with Gasteiger partial charge in [-0.1, -0.05) is 6.08 Å². The molecule has 1 aromatic carbocycles. The number of hydrogen-bond donors (Lipinski definition) is 1. The lowest BCUT2D eigenvalue weighted by atomic mass is 10.1. The number of methoxy groups -OCH3 is 1. The van der Waals surface area contributed by atoms with Gasteiger partial charge in [0.15, 0.2) is 0 Å². The van der Waals surface area contributed by atoms with E-state index in [1.54, 1.807) is 7.11 Å². The Labute approximate surface area is 100 Å². The molecule has 2 aromatic rings. The maximum Gasteiger partial charge on any atom is 0.119 e. The van der Waals surface area contributed by atoms with Gasteiger partial charge in [0.2, 0.25) is 0 Å². The minimum Gasteiger partial charge on any atom is -0.497 e. The third-order valence-corrected chi connectivity index (χ3v) is 2.81. The molecule has 86 valence electrons. The van der Waals surface area contributed by atoms with Crippen molar-refractivity contribution in [1.82, 2.24) is 4.98 Å². The highest BCUT2D eigenvalue weighted by Crippen LogP contribution is 2.27. The Kier molecular flexibility index (Phi) is 3.15. The zero-order valence-electron chi connectivity index (χ0n) is 9.79. The summed E-state index contributed by atoms with van der Waals surface area (Å²) < 4.78 is 5.21. The molecule has 0 aliphatic heterocycles. The Hall–Kier alpha value is -2.21. The Balaban J connectivity index is 2.63. The molecule has 1 heterocycles. The first-order chi connectivity index (χ1) is 8.30. The van der Waals surface area contributed by atoms with E-state index < -0.39 is 0 Å². The van der Waals surface area contributed by atoms with Crippen molar-refractivity contribution in [2.24, 2.45) is 0 Å². The predicted molar refractivity (Wildman–Crippen MR) is 68.1 cm³/mol. The fourth-order valence-electron chi connectivity index (χ4n) is 2.01. The first-order valence-electron chi connectivity index (χ1n) is 5.45.